The Morgan fingerprint density at radius 2 is 1.61 bits per heavy atom. The Balaban J connectivity index is 2.09. The van der Waals surface area contributed by atoms with E-state index in [-0.39, 0.29) is 0 Å². The summed E-state index contributed by atoms with van der Waals surface area (Å²) in [6, 6.07) is 20.5. The van der Waals surface area contributed by atoms with Gasteiger partial charge in [-0.05, 0) is 43.9 Å². The van der Waals surface area contributed by atoms with Gasteiger partial charge in [-0.25, -0.2) is 0 Å². The third-order valence-corrected chi connectivity index (χ3v) is 3.74. The Morgan fingerprint density at radius 1 is 0.957 bits per heavy atom. The number of anilines is 1. The minimum Gasteiger partial charge on any atom is -0.278 e. The molecular weight excluding hydrogens is 280 g/mol. The minimum atomic E-state index is 0.940. The molecule has 0 atom stereocenters. The zero-order valence-corrected chi connectivity index (χ0v) is 14.1. The molecule has 0 bridgehead atoms. The Labute approximate surface area is 139 Å². The lowest BCUT2D eigenvalue weighted by molar-refractivity contribution is 0.920. The zero-order chi connectivity index (χ0) is 16.3. The van der Waals surface area contributed by atoms with E-state index in [1.165, 1.54) is 17.6 Å². The van der Waals surface area contributed by atoms with Gasteiger partial charge in [0.05, 0.1) is 11.4 Å². The van der Waals surface area contributed by atoms with Crippen LogP contribution in [0.3, 0.4) is 0 Å². The summed E-state index contributed by atoms with van der Waals surface area (Å²) in [7, 11) is 0. The highest BCUT2D eigenvalue weighted by Crippen LogP contribution is 2.13. The minimum absolute atomic E-state index is 0.940. The first-order valence-electron chi connectivity index (χ1n) is 8.38. The molecule has 2 aromatic rings. The highest BCUT2D eigenvalue weighted by molar-refractivity contribution is 6.01. The molecule has 0 aliphatic rings. The molecule has 1 N–H and O–H groups in total. The molecule has 120 valence electrons. The summed E-state index contributed by atoms with van der Waals surface area (Å²) in [5.41, 5.74) is 7.91. The van der Waals surface area contributed by atoms with Crippen molar-refractivity contribution >= 4 is 11.4 Å². The van der Waals surface area contributed by atoms with Gasteiger partial charge in [-0.15, -0.1) is 0 Å². The lowest BCUT2D eigenvalue weighted by atomic mass is 10.0. The number of para-hydroxylation sites is 1. The maximum Gasteiger partial charge on any atom is 0.0682 e. The van der Waals surface area contributed by atoms with E-state index >= 15 is 0 Å². The standard InChI is InChI=1S/C21H26N2/c1-3-4-11-18(2)16-17-21(19-12-7-5-8-13-19)23-22-20-14-9-6-10-15-20/h5-15,22H,3-4,16-17H2,1-2H3/b18-11+,23-21-. The van der Waals surface area contributed by atoms with E-state index in [0.717, 1.165) is 30.7 Å². The zero-order valence-electron chi connectivity index (χ0n) is 14.1. The molecule has 2 heteroatoms. The van der Waals surface area contributed by atoms with Crippen LogP contribution in [-0.4, -0.2) is 5.71 Å². The van der Waals surface area contributed by atoms with Crippen molar-refractivity contribution in [2.24, 2.45) is 5.10 Å². The smallest absolute Gasteiger partial charge is 0.0682 e. The lowest BCUT2D eigenvalue weighted by Crippen LogP contribution is -2.05. The van der Waals surface area contributed by atoms with Crippen LogP contribution in [0.15, 0.2) is 77.4 Å². The highest BCUT2D eigenvalue weighted by Gasteiger charge is 2.04. The van der Waals surface area contributed by atoms with E-state index in [2.05, 4.69) is 54.7 Å². The largest absolute Gasteiger partial charge is 0.278 e. The van der Waals surface area contributed by atoms with Crippen molar-refractivity contribution in [3.8, 4) is 0 Å². The fourth-order valence-corrected chi connectivity index (χ4v) is 2.35. The van der Waals surface area contributed by atoms with Crippen molar-refractivity contribution < 1.29 is 0 Å². The van der Waals surface area contributed by atoms with Gasteiger partial charge >= 0.3 is 0 Å². The SMILES string of the molecule is CCC/C=C(\C)CC/C(=N/Nc1ccccc1)c1ccccc1. The van der Waals surface area contributed by atoms with Crippen LogP contribution in [0.5, 0.6) is 0 Å². The molecule has 0 fully saturated rings. The number of nitrogens with one attached hydrogen (secondary N) is 1. The number of allylic oxidation sites excluding steroid dienone is 2. The third kappa shape index (κ3) is 6.11. The topological polar surface area (TPSA) is 24.4 Å². The van der Waals surface area contributed by atoms with Crippen LogP contribution in [-0.2, 0) is 0 Å². The summed E-state index contributed by atoms with van der Waals surface area (Å²) < 4.78 is 0. The van der Waals surface area contributed by atoms with Gasteiger partial charge in [0.2, 0.25) is 0 Å². The number of hydrogen-bond donors (Lipinski definition) is 1. The van der Waals surface area contributed by atoms with E-state index in [0.29, 0.717) is 0 Å². The molecule has 2 aromatic carbocycles. The lowest BCUT2D eigenvalue weighted by Gasteiger charge is -2.09. The van der Waals surface area contributed by atoms with Crippen LogP contribution >= 0.6 is 0 Å². The Hall–Kier alpha value is -2.35. The Bertz CT molecular complexity index is 627. The Morgan fingerprint density at radius 3 is 2.26 bits per heavy atom. The molecule has 0 spiro atoms. The van der Waals surface area contributed by atoms with Gasteiger partial charge in [0.15, 0.2) is 0 Å². The van der Waals surface area contributed by atoms with Crippen LogP contribution in [0, 0.1) is 0 Å². The number of hydrogen-bond acceptors (Lipinski definition) is 2. The van der Waals surface area contributed by atoms with Crippen molar-refractivity contribution in [1.29, 1.82) is 0 Å². The number of hydrazone groups is 1. The molecular formula is C21H26N2. The molecule has 2 nitrogen and oxygen atoms in total. The van der Waals surface area contributed by atoms with Crippen molar-refractivity contribution in [2.75, 3.05) is 5.43 Å². The van der Waals surface area contributed by atoms with Gasteiger partial charge in [-0.3, -0.25) is 5.43 Å². The van der Waals surface area contributed by atoms with E-state index in [4.69, 9.17) is 0 Å². The first kappa shape index (κ1) is 17.0. The number of nitrogens with zero attached hydrogens (tertiary/aromatic N) is 1. The van der Waals surface area contributed by atoms with E-state index < -0.39 is 0 Å². The number of benzene rings is 2. The average Bonchev–Trinajstić information content (AvgIpc) is 2.61. The fraction of sp³-hybridized carbons (Fsp3) is 0.286. The molecule has 0 saturated heterocycles. The van der Waals surface area contributed by atoms with Gasteiger partial charge < -0.3 is 0 Å². The fourth-order valence-electron chi connectivity index (χ4n) is 2.35. The van der Waals surface area contributed by atoms with E-state index in [1.807, 2.05) is 36.4 Å². The first-order valence-corrected chi connectivity index (χ1v) is 8.38. The van der Waals surface area contributed by atoms with Gasteiger partial charge in [0, 0.05) is 0 Å². The predicted molar refractivity (Wildman–Crippen MR) is 101 cm³/mol. The summed E-state index contributed by atoms with van der Waals surface area (Å²) in [6.07, 6.45) is 6.69. The molecule has 0 aliphatic heterocycles. The summed E-state index contributed by atoms with van der Waals surface area (Å²) in [6.45, 7) is 4.42. The monoisotopic (exact) mass is 306 g/mol. The van der Waals surface area contributed by atoms with Gasteiger partial charge in [0.25, 0.3) is 0 Å². The van der Waals surface area contributed by atoms with Crippen molar-refractivity contribution in [3.63, 3.8) is 0 Å². The molecule has 0 heterocycles. The Kier molecular flexibility index (Phi) is 7.12. The summed E-state index contributed by atoms with van der Waals surface area (Å²) in [4.78, 5) is 0. The van der Waals surface area contributed by atoms with Crippen molar-refractivity contribution in [1.82, 2.24) is 0 Å². The van der Waals surface area contributed by atoms with Crippen molar-refractivity contribution in [3.05, 3.63) is 77.9 Å². The number of unbranched alkanes of at least 4 members (excludes halogenated alkanes) is 1. The molecule has 0 amide bonds. The first-order chi connectivity index (χ1) is 11.3. The average molecular weight is 306 g/mol. The normalized spacial score (nSPS) is 12.3. The van der Waals surface area contributed by atoms with Gasteiger partial charge in [0.1, 0.15) is 0 Å². The molecule has 2 rings (SSSR count). The molecule has 0 aromatic heterocycles. The molecule has 23 heavy (non-hydrogen) atoms. The van der Waals surface area contributed by atoms with Crippen LogP contribution < -0.4 is 5.43 Å². The van der Waals surface area contributed by atoms with Gasteiger partial charge in [-0.2, -0.15) is 5.10 Å². The van der Waals surface area contributed by atoms with Gasteiger partial charge in [-0.1, -0.05) is 73.5 Å². The van der Waals surface area contributed by atoms with E-state index in [1.54, 1.807) is 0 Å². The van der Waals surface area contributed by atoms with E-state index in [9.17, 15) is 0 Å². The third-order valence-electron chi connectivity index (χ3n) is 3.74. The van der Waals surface area contributed by atoms with Crippen LogP contribution in [0.4, 0.5) is 5.69 Å². The van der Waals surface area contributed by atoms with Crippen LogP contribution in [0.25, 0.3) is 0 Å². The summed E-state index contributed by atoms with van der Waals surface area (Å²) in [5.74, 6) is 0. The molecule has 0 radical (unpaired) electrons. The second kappa shape index (κ2) is 9.62. The molecule has 0 saturated carbocycles. The second-order valence-electron chi connectivity index (χ2n) is 5.74. The van der Waals surface area contributed by atoms with Crippen molar-refractivity contribution in [2.45, 2.75) is 39.5 Å². The van der Waals surface area contributed by atoms with Crippen LogP contribution in [0.2, 0.25) is 0 Å². The number of rotatable bonds is 8. The maximum atomic E-state index is 4.66. The second-order valence-corrected chi connectivity index (χ2v) is 5.74. The maximum absolute atomic E-state index is 4.66. The van der Waals surface area contributed by atoms with Crippen LogP contribution in [0.1, 0.15) is 45.1 Å². The summed E-state index contributed by atoms with van der Waals surface area (Å²) in [5, 5.41) is 4.66. The summed E-state index contributed by atoms with van der Waals surface area (Å²) >= 11 is 0. The predicted octanol–water partition coefficient (Wildman–Crippen LogP) is 6.03. The quantitative estimate of drug-likeness (QED) is 0.359. The molecule has 0 unspecified atom stereocenters. The molecule has 0 aliphatic carbocycles. The highest BCUT2D eigenvalue weighted by atomic mass is 15.3.